The van der Waals surface area contributed by atoms with Crippen LogP contribution in [0.3, 0.4) is 0 Å². The largest absolute Gasteiger partial charge is 0.474 e. The Morgan fingerprint density at radius 3 is 2.67 bits per heavy atom. The van der Waals surface area contributed by atoms with Crippen molar-refractivity contribution in [1.82, 2.24) is 10.3 Å². The fourth-order valence-corrected chi connectivity index (χ4v) is 3.68. The molecule has 158 valence electrons. The van der Waals surface area contributed by atoms with Crippen molar-refractivity contribution in [3.63, 3.8) is 0 Å². The lowest BCUT2D eigenvalue weighted by Crippen LogP contribution is -2.40. The van der Waals surface area contributed by atoms with Gasteiger partial charge in [0.15, 0.2) is 0 Å². The Bertz CT molecular complexity index is 960. The van der Waals surface area contributed by atoms with Crippen LogP contribution in [0.2, 0.25) is 0 Å². The van der Waals surface area contributed by atoms with Crippen molar-refractivity contribution < 1.29 is 23.1 Å². The molecule has 1 aliphatic heterocycles. The molecule has 6 nitrogen and oxygen atoms in total. The van der Waals surface area contributed by atoms with Gasteiger partial charge in [-0.1, -0.05) is 0 Å². The van der Waals surface area contributed by atoms with Gasteiger partial charge in [-0.25, -0.2) is 13.8 Å². The maximum Gasteiger partial charge on any atom is 0.228 e. The van der Waals surface area contributed by atoms with Gasteiger partial charge in [-0.15, -0.1) is 0 Å². The number of rotatable bonds is 6. The summed E-state index contributed by atoms with van der Waals surface area (Å²) in [5.41, 5.74) is -0.0522. The highest BCUT2D eigenvalue weighted by Crippen LogP contribution is 2.35. The molecule has 0 bridgehead atoms. The highest BCUT2D eigenvalue weighted by molar-refractivity contribution is 6.02. The Labute approximate surface area is 173 Å². The third-order valence-electron chi connectivity index (χ3n) is 5.65. The van der Waals surface area contributed by atoms with Crippen LogP contribution in [0.15, 0.2) is 36.5 Å². The zero-order valence-electron chi connectivity index (χ0n) is 16.7. The second kappa shape index (κ2) is 8.01. The van der Waals surface area contributed by atoms with Crippen LogP contribution >= 0.6 is 0 Å². The van der Waals surface area contributed by atoms with E-state index in [4.69, 9.17) is 4.74 Å². The van der Waals surface area contributed by atoms with Crippen LogP contribution in [-0.2, 0) is 16.1 Å². The summed E-state index contributed by atoms with van der Waals surface area (Å²) in [5, 5.41) is 2.86. The monoisotopic (exact) mass is 415 g/mol. The summed E-state index contributed by atoms with van der Waals surface area (Å²) in [6.07, 6.45) is 5.03. The molecular weight excluding hydrogens is 392 g/mol. The van der Waals surface area contributed by atoms with E-state index in [9.17, 15) is 18.4 Å². The highest BCUT2D eigenvalue weighted by Gasteiger charge is 2.45. The summed E-state index contributed by atoms with van der Waals surface area (Å²) < 4.78 is 32.8. The first-order valence-corrected chi connectivity index (χ1v) is 9.99. The van der Waals surface area contributed by atoms with E-state index in [1.165, 1.54) is 4.90 Å². The van der Waals surface area contributed by atoms with E-state index in [0.29, 0.717) is 5.88 Å². The molecule has 2 fully saturated rings. The van der Waals surface area contributed by atoms with Gasteiger partial charge < -0.3 is 15.0 Å². The summed E-state index contributed by atoms with van der Waals surface area (Å²) in [6.45, 7) is 1.99. The second-order valence-electron chi connectivity index (χ2n) is 8.20. The second-order valence-corrected chi connectivity index (χ2v) is 8.20. The molecule has 8 heteroatoms. The average molecular weight is 415 g/mol. The number of ether oxygens (including phenoxy) is 1. The molecule has 0 radical (unpaired) electrons. The molecule has 1 saturated heterocycles. The number of pyridine rings is 1. The van der Waals surface area contributed by atoms with E-state index in [1.807, 2.05) is 0 Å². The van der Waals surface area contributed by atoms with E-state index in [0.717, 1.165) is 43.0 Å². The molecule has 1 N–H and O–H groups in total. The number of halogens is 2. The number of carbonyl (C=O) groups is 2. The summed E-state index contributed by atoms with van der Waals surface area (Å²) >= 11 is 0. The number of nitrogens with zero attached hydrogens (tertiary/aromatic N) is 2. The van der Waals surface area contributed by atoms with Crippen LogP contribution in [-0.4, -0.2) is 29.4 Å². The fraction of sp³-hybridized carbons (Fsp3) is 0.409. The van der Waals surface area contributed by atoms with Crippen molar-refractivity contribution in [2.24, 2.45) is 5.41 Å². The van der Waals surface area contributed by atoms with E-state index < -0.39 is 17.0 Å². The molecular formula is C22H23F2N3O3. The lowest BCUT2D eigenvalue weighted by molar-refractivity contribution is -0.131. The zero-order chi connectivity index (χ0) is 21.3. The minimum atomic E-state index is -1.00. The minimum absolute atomic E-state index is 0.0383. The first-order chi connectivity index (χ1) is 14.3. The fourth-order valence-electron chi connectivity index (χ4n) is 3.68. The Hall–Kier alpha value is -3.03. The highest BCUT2D eigenvalue weighted by atomic mass is 19.1. The van der Waals surface area contributed by atoms with Crippen molar-refractivity contribution in [1.29, 1.82) is 0 Å². The van der Waals surface area contributed by atoms with Gasteiger partial charge in [-0.2, -0.15) is 0 Å². The molecule has 30 heavy (non-hydrogen) atoms. The molecule has 2 heterocycles. The number of benzene rings is 1. The SMILES string of the molecule is CC1(C(=O)NCc2ccnc(OC3CCC3)c2)CC(=O)N(c2cc(F)cc(F)c2)C1. The van der Waals surface area contributed by atoms with E-state index in [2.05, 4.69) is 10.3 Å². The van der Waals surface area contributed by atoms with Crippen LogP contribution in [0.25, 0.3) is 0 Å². The predicted molar refractivity (Wildman–Crippen MR) is 106 cm³/mol. The van der Waals surface area contributed by atoms with Crippen LogP contribution in [0.5, 0.6) is 5.88 Å². The average Bonchev–Trinajstić information content (AvgIpc) is 2.98. The summed E-state index contributed by atoms with van der Waals surface area (Å²) in [7, 11) is 0. The predicted octanol–water partition coefficient (Wildman–Crippen LogP) is 3.35. The quantitative estimate of drug-likeness (QED) is 0.786. The van der Waals surface area contributed by atoms with E-state index >= 15 is 0 Å². The Morgan fingerprint density at radius 1 is 1.27 bits per heavy atom. The summed E-state index contributed by atoms with van der Waals surface area (Å²) in [4.78, 5) is 30.7. The van der Waals surface area contributed by atoms with Gasteiger partial charge in [0.1, 0.15) is 17.7 Å². The Morgan fingerprint density at radius 2 is 2.00 bits per heavy atom. The van der Waals surface area contributed by atoms with Gasteiger partial charge in [0.25, 0.3) is 0 Å². The number of anilines is 1. The molecule has 1 aromatic heterocycles. The van der Waals surface area contributed by atoms with Crippen molar-refractivity contribution in [3.05, 3.63) is 53.7 Å². The number of amides is 2. The summed E-state index contributed by atoms with van der Waals surface area (Å²) in [5.74, 6) is -1.65. The maximum atomic E-state index is 13.5. The maximum absolute atomic E-state index is 13.5. The lowest BCUT2D eigenvalue weighted by Gasteiger charge is -2.26. The molecule has 1 saturated carbocycles. The first-order valence-electron chi connectivity index (χ1n) is 9.99. The minimum Gasteiger partial charge on any atom is -0.474 e. The number of hydrogen-bond donors (Lipinski definition) is 1. The van der Waals surface area contributed by atoms with Gasteiger partial charge in [-0.05, 0) is 49.9 Å². The molecule has 4 rings (SSSR count). The normalized spacial score (nSPS) is 21.4. The molecule has 1 aromatic carbocycles. The van der Waals surface area contributed by atoms with Crippen molar-refractivity contribution >= 4 is 17.5 Å². The van der Waals surface area contributed by atoms with Crippen molar-refractivity contribution in [2.75, 3.05) is 11.4 Å². The molecule has 1 atom stereocenters. The molecule has 2 aliphatic rings. The zero-order valence-corrected chi connectivity index (χ0v) is 16.7. The van der Waals surface area contributed by atoms with Crippen LogP contribution in [0, 0.1) is 17.0 Å². The smallest absolute Gasteiger partial charge is 0.228 e. The number of aromatic nitrogens is 1. The Kier molecular flexibility index (Phi) is 5.40. The standard InChI is InChI=1S/C22H23F2N3O3/c1-22(11-20(28)27(13-22)17-9-15(23)8-16(24)10-17)21(29)26-12-14-5-6-25-19(7-14)30-18-3-2-4-18/h5-10,18H,2-4,11-13H2,1H3,(H,26,29). The summed E-state index contributed by atoms with van der Waals surface area (Å²) in [6, 6.07) is 6.50. The topological polar surface area (TPSA) is 71.5 Å². The molecule has 2 amide bonds. The van der Waals surface area contributed by atoms with Crippen molar-refractivity contribution in [3.8, 4) is 5.88 Å². The molecule has 1 unspecified atom stereocenters. The van der Waals surface area contributed by atoms with E-state index in [-0.39, 0.29) is 43.1 Å². The van der Waals surface area contributed by atoms with Crippen LogP contribution < -0.4 is 15.0 Å². The molecule has 2 aromatic rings. The third-order valence-corrected chi connectivity index (χ3v) is 5.65. The Balaban J connectivity index is 1.39. The lowest BCUT2D eigenvalue weighted by atomic mass is 9.88. The third kappa shape index (κ3) is 4.27. The van der Waals surface area contributed by atoms with Gasteiger partial charge in [0.2, 0.25) is 17.7 Å². The molecule has 0 spiro atoms. The van der Waals surface area contributed by atoms with Crippen LogP contribution in [0.4, 0.5) is 14.5 Å². The number of carbonyl (C=O) groups excluding carboxylic acids is 2. The number of nitrogens with one attached hydrogen (secondary N) is 1. The van der Waals surface area contributed by atoms with E-state index in [1.54, 1.807) is 25.3 Å². The first kappa shape index (κ1) is 20.3. The van der Waals surface area contributed by atoms with Crippen LogP contribution in [0.1, 0.15) is 38.2 Å². The molecule has 1 aliphatic carbocycles. The van der Waals surface area contributed by atoms with Gasteiger partial charge in [0, 0.05) is 43.5 Å². The van der Waals surface area contributed by atoms with Gasteiger partial charge in [0.05, 0.1) is 5.41 Å². The van der Waals surface area contributed by atoms with Crippen molar-refractivity contribution in [2.45, 2.75) is 45.3 Å². The van der Waals surface area contributed by atoms with Gasteiger partial charge >= 0.3 is 0 Å². The van der Waals surface area contributed by atoms with Gasteiger partial charge in [-0.3, -0.25) is 9.59 Å². The number of hydrogen-bond acceptors (Lipinski definition) is 4.